The summed E-state index contributed by atoms with van der Waals surface area (Å²) in [6.45, 7) is 5.97. The Labute approximate surface area is 153 Å². The monoisotopic (exact) mass is 355 g/mol. The first-order chi connectivity index (χ1) is 12.6. The van der Waals surface area contributed by atoms with Crippen molar-refractivity contribution >= 4 is 5.91 Å². The molecule has 0 radical (unpaired) electrons. The van der Waals surface area contributed by atoms with Crippen molar-refractivity contribution in [2.45, 2.75) is 32.0 Å². The summed E-state index contributed by atoms with van der Waals surface area (Å²) < 4.78 is 7.84. The molecule has 4 heterocycles. The molecule has 2 fully saturated rings. The molecule has 0 bridgehead atoms. The highest BCUT2D eigenvalue weighted by Crippen LogP contribution is 2.26. The van der Waals surface area contributed by atoms with E-state index in [-0.39, 0.29) is 18.1 Å². The van der Waals surface area contributed by atoms with Crippen molar-refractivity contribution < 1.29 is 9.53 Å². The van der Waals surface area contributed by atoms with Crippen molar-refractivity contribution in [1.82, 2.24) is 24.6 Å². The molecule has 2 aliphatic rings. The van der Waals surface area contributed by atoms with E-state index >= 15 is 0 Å². The van der Waals surface area contributed by atoms with Crippen LogP contribution in [0.3, 0.4) is 0 Å². The molecule has 0 aliphatic carbocycles. The van der Waals surface area contributed by atoms with Crippen LogP contribution in [-0.4, -0.2) is 68.9 Å². The molecule has 1 amide bonds. The van der Waals surface area contributed by atoms with Crippen LogP contribution in [0.25, 0.3) is 0 Å². The van der Waals surface area contributed by atoms with Crippen molar-refractivity contribution in [3.63, 3.8) is 0 Å². The van der Waals surface area contributed by atoms with Gasteiger partial charge in [-0.05, 0) is 25.5 Å². The van der Waals surface area contributed by atoms with E-state index < -0.39 is 0 Å². The molecule has 7 nitrogen and oxygen atoms in total. The van der Waals surface area contributed by atoms with Crippen molar-refractivity contribution in [2.75, 3.05) is 26.2 Å². The van der Waals surface area contributed by atoms with Gasteiger partial charge in [-0.25, -0.2) is 0 Å². The normalized spacial score (nSPS) is 23.7. The minimum Gasteiger partial charge on any atom is -0.374 e. The number of aryl methyl sites for hydroxylation is 2. The maximum absolute atomic E-state index is 13.0. The summed E-state index contributed by atoms with van der Waals surface area (Å²) in [6, 6.07) is 3.66. The molecule has 2 aromatic rings. The highest BCUT2D eigenvalue weighted by atomic mass is 16.5. The van der Waals surface area contributed by atoms with E-state index in [0.717, 1.165) is 31.7 Å². The summed E-state index contributed by atoms with van der Waals surface area (Å²) in [5, 5.41) is 4.44. The average molecular weight is 355 g/mol. The van der Waals surface area contributed by atoms with Gasteiger partial charge in [-0.15, -0.1) is 0 Å². The van der Waals surface area contributed by atoms with Gasteiger partial charge in [-0.2, -0.15) is 5.10 Å². The molecule has 2 saturated heterocycles. The van der Waals surface area contributed by atoms with E-state index in [4.69, 9.17) is 4.74 Å². The fourth-order valence-corrected chi connectivity index (χ4v) is 4.04. The van der Waals surface area contributed by atoms with Crippen LogP contribution < -0.4 is 0 Å². The lowest BCUT2D eigenvalue weighted by atomic mass is 9.97. The summed E-state index contributed by atoms with van der Waals surface area (Å²) in [6.07, 6.45) is 6.50. The first-order valence-electron chi connectivity index (χ1n) is 9.16. The molecule has 2 atom stereocenters. The van der Waals surface area contributed by atoms with Gasteiger partial charge < -0.3 is 9.64 Å². The van der Waals surface area contributed by atoms with Crippen LogP contribution in [-0.2, 0) is 18.3 Å². The first-order valence-corrected chi connectivity index (χ1v) is 9.16. The highest BCUT2D eigenvalue weighted by Gasteiger charge is 2.39. The van der Waals surface area contributed by atoms with Crippen LogP contribution in [0.15, 0.2) is 30.7 Å². The number of nitrogens with zero attached hydrogens (tertiary/aromatic N) is 5. The topological polar surface area (TPSA) is 63.5 Å². The molecule has 2 aromatic heterocycles. The average Bonchev–Trinajstić information content (AvgIpc) is 2.98. The molecular weight excluding hydrogens is 330 g/mol. The van der Waals surface area contributed by atoms with Crippen molar-refractivity contribution in [3.05, 3.63) is 47.5 Å². The Morgan fingerprint density at radius 1 is 1.31 bits per heavy atom. The van der Waals surface area contributed by atoms with Crippen LogP contribution in [0.4, 0.5) is 0 Å². The summed E-state index contributed by atoms with van der Waals surface area (Å²) in [4.78, 5) is 21.4. The number of likely N-dealkylation sites (tertiary alicyclic amines) is 1. The first kappa shape index (κ1) is 17.2. The number of ether oxygens (including phenoxy) is 1. The standard InChI is InChI=1S/C19H25N5O2/c1-14-16(11-22(2)21-14)12-23-8-5-18-17(13-23)24(9-10-26-18)19(25)15-3-6-20-7-4-15/h3-4,6-7,11,17-18H,5,8-10,12-13H2,1-2H3/t17-,18+/m1/s1. The van der Waals surface area contributed by atoms with Gasteiger partial charge in [-0.3, -0.25) is 19.4 Å². The zero-order chi connectivity index (χ0) is 18.1. The van der Waals surface area contributed by atoms with Gasteiger partial charge in [0.15, 0.2) is 0 Å². The Balaban J connectivity index is 1.50. The third-order valence-electron chi connectivity index (χ3n) is 5.37. The van der Waals surface area contributed by atoms with Gasteiger partial charge in [0.2, 0.25) is 0 Å². The van der Waals surface area contributed by atoms with Crippen molar-refractivity contribution in [3.8, 4) is 0 Å². The van der Waals surface area contributed by atoms with E-state index in [1.165, 1.54) is 5.56 Å². The second-order valence-electron chi connectivity index (χ2n) is 7.15. The number of carbonyl (C=O) groups is 1. The lowest BCUT2D eigenvalue weighted by Crippen LogP contribution is -2.61. The van der Waals surface area contributed by atoms with Gasteiger partial charge in [0, 0.05) is 62.9 Å². The lowest BCUT2D eigenvalue weighted by Gasteiger charge is -2.47. The molecule has 7 heteroatoms. The Kier molecular flexibility index (Phi) is 4.74. The number of morpholine rings is 1. The molecule has 4 rings (SSSR count). The van der Waals surface area contributed by atoms with Crippen LogP contribution >= 0.6 is 0 Å². The molecule has 0 N–H and O–H groups in total. The highest BCUT2D eigenvalue weighted by molar-refractivity contribution is 5.94. The molecule has 0 unspecified atom stereocenters. The third kappa shape index (κ3) is 3.37. The number of pyridine rings is 1. The second kappa shape index (κ2) is 7.17. The number of piperidine rings is 1. The Morgan fingerprint density at radius 3 is 2.85 bits per heavy atom. The largest absolute Gasteiger partial charge is 0.374 e. The zero-order valence-electron chi connectivity index (χ0n) is 15.3. The number of hydrogen-bond acceptors (Lipinski definition) is 5. The molecule has 2 aliphatic heterocycles. The minimum atomic E-state index is 0.0742. The Morgan fingerprint density at radius 2 is 2.12 bits per heavy atom. The molecule has 0 saturated carbocycles. The summed E-state index contributed by atoms with van der Waals surface area (Å²) in [7, 11) is 1.95. The van der Waals surface area contributed by atoms with Gasteiger partial charge in [0.25, 0.3) is 5.91 Å². The van der Waals surface area contributed by atoms with Gasteiger partial charge in [-0.1, -0.05) is 0 Å². The van der Waals surface area contributed by atoms with Crippen LogP contribution in [0.2, 0.25) is 0 Å². The SMILES string of the molecule is Cc1nn(C)cc1CN1CC[C@@H]2OCCN(C(=O)c3ccncc3)[C@@H]2C1. The van der Waals surface area contributed by atoms with E-state index in [2.05, 4.69) is 21.2 Å². The quantitative estimate of drug-likeness (QED) is 0.829. The van der Waals surface area contributed by atoms with E-state index in [0.29, 0.717) is 18.7 Å². The Bertz CT molecular complexity index is 775. The third-order valence-corrected chi connectivity index (χ3v) is 5.37. The number of carbonyl (C=O) groups excluding carboxylic acids is 1. The predicted molar refractivity (Wildman–Crippen MR) is 96.6 cm³/mol. The zero-order valence-corrected chi connectivity index (χ0v) is 15.3. The molecule has 26 heavy (non-hydrogen) atoms. The molecular formula is C19H25N5O2. The van der Waals surface area contributed by atoms with Crippen molar-refractivity contribution in [2.24, 2.45) is 7.05 Å². The maximum Gasteiger partial charge on any atom is 0.254 e. The van der Waals surface area contributed by atoms with E-state index in [9.17, 15) is 4.79 Å². The number of amides is 1. The number of fused-ring (bicyclic) bond motifs is 1. The molecule has 138 valence electrons. The Hall–Kier alpha value is -2.25. The summed E-state index contributed by atoms with van der Waals surface area (Å²) in [5.41, 5.74) is 3.01. The number of rotatable bonds is 3. The molecule has 0 aromatic carbocycles. The fourth-order valence-electron chi connectivity index (χ4n) is 4.04. The summed E-state index contributed by atoms with van der Waals surface area (Å²) in [5.74, 6) is 0.0742. The van der Waals surface area contributed by atoms with Crippen molar-refractivity contribution in [1.29, 1.82) is 0 Å². The number of aromatic nitrogens is 3. The van der Waals surface area contributed by atoms with Crippen LogP contribution in [0, 0.1) is 6.92 Å². The number of hydrogen-bond donors (Lipinski definition) is 0. The predicted octanol–water partition coefficient (Wildman–Crippen LogP) is 1.24. The van der Waals surface area contributed by atoms with Gasteiger partial charge >= 0.3 is 0 Å². The smallest absolute Gasteiger partial charge is 0.254 e. The summed E-state index contributed by atoms with van der Waals surface area (Å²) >= 11 is 0. The lowest BCUT2D eigenvalue weighted by molar-refractivity contribution is -0.0914. The van der Waals surface area contributed by atoms with Crippen LogP contribution in [0.1, 0.15) is 28.0 Å². The maximum atomic E-state index is 13.0. The second-order valence-corrected chi connectivity index (χ2v) is 7.15. The van der Waals surface area contributed by atoms with Crippen LogP contribution in [0.5, 0.6) is 0 Å². The van der Waals surface area contributed by atoms with Gasteiger partial charge in [0.05, 0.1) is 24.4 Å². The van der Waals surface area contributed by atoms with E-state index in [1.54, 1.807) is 24.5 Å². The van der Waals surface area contributed by atoms with E-state index in [1.807, 2.05) is 23.6 Å². The molecule has 0 spiro atoms. The minimum absolute atomic E-state index is 0.0742. The fraction of sp³-hybridized carbons (Fsp3) is 0.526. The van der Waals surface area contributed by atoms with Gasteiger partial charge in [0.1, 0.15) is 0 Å².